The van der Waals surface area contributed by atoms with Crippen molar-refractivity contribution in [2.75, 3.05) is 5.73 Å². The molecule has 1 nitrogen and oxygen atoms in total. The largest absolute Gasteiger partial charge is 0.399 e. The van der Waals surface area contributed by atoms with Gasteiger partial charge in [-0.15, -0.1) is 0 Å². The van der Waals surface area contributed by atoms with Crippen LogP contribution in [-0.2, 0) is 12.8 Å². The maximum absolute atomic E-state index is 5.98. The molecule has 0 radical (unpaired) electrons. The third-order valence-corrected chi connectivity index (χ3v) is 6.61. The standard InChI is InChI=1S/C25H31NS/c1-5-20-8-6-9-23-16-22(11-12-24(20)23)19(4)27-13-7-10-21-14-18(3)25(26)15-17(21)2/h7,11-16,20H,4-6,8-10,26H2,1-3H3/b13-7+. The van der Waals surface area contributed by atoms with Crippen molar-refractivity contribution >= 4 is 22.4 Å². The van der Waals surface area contributed by atoms with Gasteiger partial charge in [-0.05, 0) is 96.7 Å². The monoisotopic (exact) mass is 377 g/mol. The van der Waals surface area contributed by atoms with Crippen LogP contribution >= 0.6 is 11.8 Å². The number of benzene rings is 2. The van der Waals surface area contributed by atoms with Gasteiger partial charge >= 0.3 is 0 Å². The zero-order valence-electron chi connectivity index (χ0n) is 16.8. The molecule has 0 aliphatic heterocycles. The molecule has 0 spiro atoms. The Hall–Kier alpha value is -1.93. The van der Waals surface area contributed by atoms with Gasteiger partial charge < -0.3 is 5.73 Å². The fourth-order valence-corrected chi connectivity index (χ4v) is 4.62. The van der Waals surface area contributed by atoms with Crippen LogP contribution in [0.3, 0.4) is 0 Å². The lowest BCUT2D eigenvalue weighted by Gasteiger charge is -2.25. The van der Waals surface area contributed by atoms with Gasteiger partial charge in [0.25, 0.3) is 0 Å². The number of hydrogen-bond donors (Lipinski definition) is 1. The number of allylic oxidation sites excluding steroid dienone is 1. The lowest BCUT2D eigenvalue weighted by Crippen LogP contribution is -2.09. The number of rotatable bonds is 6. The SMILES string of the molecule is C=C(S/C=C/Cc1cc(C)c(N)cc1C)c1ccc2c(c1)CCCC2CC. The van der Waals surface area contributed by atoms with Crippen LogP contribution in [0.4, 0.5) is 5.69 Å². The van der Waals surface area contributed by atoms with E-state index in [1.165, 1.54) is 47.9 Å². The van der Waals surface area contributed by atoms with E-state index in [-0.39, 0.29) is 0 Å². The van der Waals surface area contributed by atoms with Crippen molar-refractivity contribution < 1.29 is 0 Å². The molecule has 2 N–H and O–H groups in total. The summed E-state index contributed by atoms with van der Waals surface area (Å²) in [5.74, 6) is 0.746. The summed E-state index contributed by atoms with van der Waals surface area (Å²) in [5.41, 5.74) is 15.0. The summed E-state index contributed by atoms with van der Waals surface area (Å²) in [7, 11) is 0. The fraction of sp³-hybridized carbons (Fsp3) is 0.360. The van der Waals surface area contributed by atoms with Crippen LogP contribution in [0.25, 0.3) is 4.91 Å². The van der Waals surface area contributed by atoms with E-state index in [4.69, 9.17) is 5.73 Å². The van der Waals surface area contributed by atoms with Crippen molar-refractivity contribution in [1.29, 1.82) is 0 Å². The summed E-state index contributed by atoms with van der Waals surface area (Å²) in [4.78, 5) is 1.12. The summed E-state index contributed by atoms with van der Waals surface area (Å²) in [6, 6.07) is 11.2. The number of aryl methyl sites for hydroxylation is 3. The second-order valence-electron chi connectivity index (χ2n) is 7.66. The molecule has 3 rings (SSSR count). The van der Waals surface area contributed by atoms with Crippen molar-refractivity contribution in [2.24, 2.45) is 0 Å². The molecular formula is C25H31NS. The van der Waals surface area contributed by atoms with Gasteiger partial charge in [-0.1, -0.05) is 55.6 Å². The second-order valence-corrected chi connectivity index (χ2v) is 8.66. The lowest BCUT2D eigenvalue weighted by molar-refractivity contribution is 0.540. The van der Waals surface area contributed by atoms with Crippen molar-refractivity contribution in [3.05, 3.63) is 81.8 Å². The summed E-state index contributed by atoms with van der Waals surface area (Å²) >= 11 is 1.72. The highest BCUT2D eigenvalue weighted by atomic mass is 32.2. The lowest BCUT2D eigenvalue weighted by atomic mass is 9.81. The Morgan fingerprint density at radius 3 is 2.81 bits per heavy atom. The molecule has 1 unspecified atom stereocenters. The van der Waals surface area contributed by atoms with Gasteiger partial charge in [-0.25, -0.2) is 0 Å². The molecule has 1 aliphatic carbocycles. The maximum Gasteiger partial charge on any atom is 0.0346 e. The van der Waals surface area contributed by atoms with Gasteiger partial charge in [-0.3, -0.25) is 0 Å². The normalized spacial score (nSPS) is 16.5. The van der Waals surface area contributed by atoms with Crippen molar-refractivity contribution in [3.8, 4) is 0 Å². The van der Waals surface area contributed by atoms with E-state index in [1.807, 2.05) is 0 Å². The molecule has 27 heavy (non-hydrogen) atoms. The summed E-state index contributed by atoms with van der Waals surface area (Å²) < 4.78 is 0. The van der Waals surface area contributed by atoms with E-state index in [1.54, 1.807) is 17.3 Å². The fourth-order valence-electron chi connectivity index (χ4n) is 4.00. The molecular weight excluding hydrogens is 346 g/mol. The molecule has 142 valence electrons. The molecule has 2 aromatic carbocycles. The minimum Gasteiger partial charge on any atom is -0.399 e. The van der Waals surface area contributed by atoms with Crippen molar-refractivity contribution in [1.82, 2.24) is 0 Å². The first kappa shape index (κ1) is 19.8. The summed E-state index contributed by atoms with van der Waals surface area (Å²) in [6.07, 6.45) is 8.26. The molecule has 0 saturated carbocycles. The van der Waals surface area contributed by atoms with Crippen molar-refractivity contribution in [3.63, 3.8) is 0 Å². The summed E-state index contributed by atoms with van der Waals surface area (Å²) in [5, 5.41) is 2.17. The highest BCUT2D eigenvalue weighted by molar-refractivity contribution is 8.10. The number of anilines is 1. The topological polar surface area (TPSA) is 26.0 Å². The third-order valence-electron chi connectivity index (χ3n) is 5.77. The predicted octanol–water partition coefficient (Wildman–Crippen LogP) is 7.18. The highest BCUT2D eigenvalue weighted by Crippen LogP contribution is 2.36. The van der Waals surface area contributed by atoms with Gasteiger partial charge in [0.15, 0.2) is 0 Å². The number of fused-ring (bicyclic) bond motifs is 1. The number of nitrogens with two attached hydrogens (primary N) is 1. The maximum atomic E-state index is 5.98. The van der Waals surface area contributed by atoms with Gasteiger partial charge in [0.1, 0.15) is 0 Å². The molecule has 0 fully saturated rings. The molecule has 2 aromatic rings. The van der Waals surface area contributed by atoms with Crippen molar-refractivity contribution in [2.45, 2.75) is 58.8 Å². The predicted molar refractivity (Wildman–Crippen MR) is 122 cm³/mol. The second kappa shape index (κ2) is 8.84. The van der Waals surface area contributed by atoms with Gasteiger partial charge in [0.05, 0.1) is 0 Å². The average molecular weight is 378 g/mol. The van der Waals surface area contributed by atoms with E-state index >= 15 is 0 Å². The Morgan fingerprint density at radius 2 is 2.04 bits per heavy atom. The van der Waals surface area contributed by atoms with Crippen LogP contribution in [0, 0.1) is 13.8 Å². The Labute approximate surface area is 168 Å². The van der Waals surface area contributed by atoms with Crippen LogP contribution in [-0.4, -0.2) is 0 Å². The third kappa shape index (κ3) is 4.68. The van der Waals surface area contributed by atoms with E-state index in [2.05, 4.69) is 69.2 Å². The van der Waals surface area contributed by atoms with E-state index in [9.17, 15) is 0 Å². The Morgan fingerprint density at radius 1 is 1.22 bits per heavy atom. The van der Waals surface area contributed by atoms with Gasteiger partial charge in [0, 0.05) is 10.6 Å². The van der Waals surface area contributed by atoms with Crippen LogP contribution in [0.15, 0.2) is 48.4 Å². The Bertz CT molecular complexity index is 863. The Balaban J connectivity index is 1.63. The summed E-state index contributed by atoms with van der Waals surface area (Å²) in [6.45, 7) is 10.8. The number of thioether (sulfide) groups is 1. The van der Waals surface area contributed by atoms with E-state index < -0.39 is 0 Å². The molecule has 1 atom stereocenters. The van der Waals surface area contributed by atoms with Crippen LogP contribution < -0.4 is 5.73 Å². The van der Waals surface area contributed by atoms with E-state index in [0.717, 1.165) is 28.5 Å². The number of nitrogen functional groups attached to an aromatic ring is 1. The smallest absolute Gasteiger partial charge is 0.0346 e. The molecule has 0 aromatic heterocycles. The quantitative estimate of drug-likeness (QED) is 0.540. The molecule has 0 heterocycles. The first-order valence-corrected chi connectivity index (χ1v) is 10.9. The van der Waals surface area contributed by atoms with Gasteiger partial charge in [0.2, 0.25) is 0 Å². The minimum atomic E-state index is 0.746. The Kier molecular flexibility index (Phi) is 6.49. The number of hydrogen-bond acceptors (Lipinski definition) is 2. The van der Waals surface area contributed by atoms with Crippen LogP contribution in [0.5, 0.6) is 0 Å². The molecule has 0 amide bonds. The van der Waals surface area contributed by atoms with Crippen LogP contribution in [0.2, 0.25) is 0 Å². The average Bonchev–Trinajstić information content (AvgIpc) is 2.67. The zero-order chi connectivity index (χ0) is 19.4. The molecule has 0 bridgehead atoms. The molecule has 1 aliphatic rings. The molecule has 2 heteroatoms. The molecule has 0 saturated heterocycles. The van der Waals surface area contributed by atoms with Gasteiger partial charge in [-0.2, -0.15) is 0 Å². The first-order chi connectivity index (χ1) is 13.0. The zero-order valence-corrected chi connectivity index (χ0v) is 17.7. The van der Waals surface area contributed by atoms with E-state index in [0.29, 0.717) is 0 Å². The highest BCUT2D eigenvalue weighted by Gasteiger charge is 2.19. The van der Waals surface area contributed by atoms with Crippen LogP contribution in [0.1, 0.15) is 65.5 Å². The first-order valence-electron chi connectivity index (χ1n) is 9.99. The minimum absolute atomic E-state index is 0.746.